The van der Waals surface area contributed by atoms with Gasteiger partial charge in [-0.3, -0.25) is 9.88 Å². The highest BCUT2D eigenvalue weighted by molar-refractivity contribution is 5.70. The Morgan fingerprint density at radius 1 is 1.28 bits per heavy atom. The molecule has 2 aliphatic heterocycles. The van der Waals surface area contributed by atoms with Crippen LogP contribution in [0, 0.1) is 0 Å². The summed E-state index contributed by atoms with van der Waals surface area (Å²) in [5.41, 5.74) is 0.480. The Bertz CT molecular complexity index is 750. The summed E-state index contributed by atoms with van der Waals surface area (Å²) in [6.45, 7) is 3.04. The number of aromatic nitrogens is 3. The van der Waals surface area contributed by atoms with Gasteiger partial charge in [-0.2, -0.15) is 0 Å². The number of amides is 1. The third kappa shape index (κ3) is 3.34. The van der Waals surface area contributed by atoms with E-state index in [4.69, 9.17) is 9.15 Å². The van der Waals surface area contributed by atoms with Gasteiger partial charge in [-0.25, -0.2) is 4.79 Å². The molecule has 2 saturated heterocycles. The number of likely N-dealkylation sites (tertiary alicyclic amines) is 1. The molecule has 4 rings (SSSR count). The van der Waals surface area contributed by atoms with Crippen molar-refractivity contribution in [2.45, 2.75) is 31.4 Å². The molecule has 1 unspecified atom stereocenters. The molecule has 0 aliphatic carbocycles. The van der Waals surface area contributed by atoms with Crippen LogP contribution in [0.3, 0.4) is 0 Å². The van der Waals surface area contributed by atoms with Crippen LogP contribution in [0.15, 0.2) is 28.9 Å². The van der Waals surface area contributed by atoms with Crippen molar-refractivity contribution >= 4 is 6.09 Å². The Morgan fingerprint density at radius 2 is 2.20 bits per heavy atom. The van der Waals surface area contributed by atoms with Gasteiger partial charge in [-0.05, 0) is 31.5 Å². The monoisotopic (exact) mass is 343 g/mol. The fourth-order valence-electron chi connectivity index (χ4n) is 3.55. The minimum atomic E-state index is -0.337. The predicted molar refractivity (Wildman–Crippen MR) is 88.5 cm³/mol. The average Bonchev–Trinajstić information content (AvgIpc) is 3.12. The van der Waals surface area contributed by atoms with Gasteiger partial charge in [0.15, 0.2) is 0 Å². The lowest BCUT2D eigenvalue weighted by molar-refractivity contribution is 0.0440. The van der Waals surface area contributed by atoms with Crippen molar-refractivity contribution in [1.82, 2.24) is 25.0 Å². The van der Waals surface area contributed by atoms with Crippen molar-refractivity contribution < 1.29 is 13.9 Å². The Labute approximate surface area is 145 Å². The van der Waals surface area contributed by atoms with Crippen molar-refractivity contribution in [3.05, 3.63) is 30.4 Å². The molecule has 0 bridgehead atoms. The second-order valence-electron chi connectivity index (χ2n) is 6.78. The fourth-order valence-corrected chi connectivity index (χ4v) is 3.55. The molecule has 4 heterocycles. The van der Waals surface area contributed by atoms with E-state index in [1.165, 1.54) is 0 Å². The maximum absolute atomic E-state index is 11.7. The Hall–Kier alpha value is -2.48. The first kappa shape index (κ1) is 16.0. The summed E-state index contributed by atoms with van der Waals surface area (Å²) in [6.07, 6.45) is 5.90. The fraction of sp³-hybridized carbons (Fsp3) is 0.529. The molecule has 2 aromatic heterocycles. The minimum absolute atomic E-state index is 0.216. The predicted octanol–water partition coefficient (Wildman–Crippen LogP) is 1.94. The van der Waals surface area contributed by atoms with E-state index in [2.05, 4.69) is 20.1 Å². The number of rotatable bonds is 3. The van der Waals surface area contributed by atoms with Gasteiger partial charge in [0, 0.05) is 32.4 Å². The van der Waals surface area contributed by atoms with Gasteiger partial charge in [0.05, 0.1) is 18.7 Å². The molecule has 2 aromatic rings. The number of hydrogen-bond acceptors (Lipinski definition) is 7. The molecule has 2 fully saturated rings. The van der Waals surface area contributed by atoms with Crippen molar-refractivity contribution in [2.24, 2.45) is 0 Å². The number of ether oxygens (including phenoxy) is 1. The highest BCUT2D eigenvalue weighted by Gasteiger charge is 2.44. The van der Waals surface area contributed by atoms with Gasteiger partial charge < -0.3 is 14.1 Å². The number of carbonyl (C=O) groups is 1. The molecule has 8 nitrogen and oxygen atoms in total. The summed E-state index contributed by atoms with van der Waals surface area (Å²) in [5.74, 6) is 1.08. The smallest absolute Gasteiger partial charge is 0.410 e. The standard InChI is InChI=1S/C17H21N5O3/c1-21-12-17(25-16(21)23)5-3-8-22(9-6-17)11-14-19-20-15(24-14)13-4-2-7-18-10-13/h2,4,7,10H,3,5-6,8-9,11-12H2,1H3. The van der Waals surface area contributed by atoms with E-state index in [0.29, 0.717) is 24.9 Å². The molecule has 1 amide bonds. The maximum atomic E-state index is 11.7. The number of pyridine rings is 1. The van der Waals surface area contributed by atoms with Crippen LogP contribution < -0.4 is 0 Å². The lowest BCUT2D eigenvalue weighted by Gasteiger charge is -2.25. The van der Waals surface area contributed by atoms with E-state index in [0.717, 1.165) is 37.9 Å². The molecule has 0 aromatic carbocycles. The second-order valence-corrected chi connectivity index (χ2v) is 6.78. The summed E-state index contributed by atoms with van der Waals surface area (Å²) >= 11 is 0. The van der Waals surface area contributed by atoms with Gasteiger partial charge in [0.25, 0.3) is 0 Å². The molecule has 2 aliphatic rings. The van der Waals surface area contributed by atoms with Crippen LogP contribution in [-0.4, -0.2) is 63.4 Å². The first-order valence-electron chi connectivity index (χ1n) is 8.53. The quantitative estimate of drug-likeness (QED) is 0.842. The highest BCUT2D eigenvalue weighted by atomic mass is 16.6. The molecule has 0 N–H and O–H groups in total. The second kappa shape index (κ2) is 6.44. The minimum Gasteiger partial charge on any atom is -0.441 e. The van der Waals surface area contributed by atoms with E-state index in [1.807, 2.05) is 12.1 Å². The average molecular weight is 343 g/mol. The first-order chi connectivity index (χ1) is 12.1. The van der Waals surface area contributed by atoms with E-state index in [9.17, 15) is 4.79 Å². The third-order valence-electron chi connectivity index (χ3n) is 4.87. The van der Waals surface area contributed by atoms with Crippen molar-refractivity contribution in [2.75, 3.05) is 26.7 Å². The van der Waals surface area contributed by atoms with Crippen LogP contribution in [0.1, 0.15) is 25.2 Å². The zero-order valence-corrected chi connectivity index (χ0v) is 14.2. The maximum Gasteiger partial charge on any atom is 0.410 e. The van der Waals surface area contributed by atoms with Crippen LogP contribution in [0.25, 0.3) is 11.5 Å². The zero-order valence-electron chi connectivity index (χ0n) is 14.2. The van der Waals surface area contributed by atoms with Crippen LogP contribution in [0.5, 0.6) is 0 Å². The van der Waals surface area contributed by atoms with E-state index in [-0.39, 0.29) is 11.7 Å². The lowest BCUT2D eigenvalue weighted by atomic mass is 9.95. The van der Waals surface area contributed by atoms with Crippen LogP contribution in [-0.2, 0) is 11.3 Å². The molecule has 0 radical (unpaired) electrons. The third-order valence-corrected chi connectivity index (χ3v) is 4.87. The molecule has 25 heavy (non-hydrogen) atoms. The number of carbonyl (C=O) groups excluding carboxylic acids is 1. The topological polar surface area (TPSA) is 84.6 Å². The molecule has 0 saturated carbocycles. The van der Waals surface area contributed by atoms with Crippen molar-refractivity contribution in [3.63, 3.8) is 0 Å². The molecular weight excluding hydrogens is 322 g/mol. The Morgan fingerprint density at radius 3 is 2.96 bits per heavy atom. The Balaban J connectivity index is 1.39. The molecule has 132 valence electrons. The van der Waals surface area contributed by atoms with Gasteiger partial charge in [0.2, 0.25) is 11.8 Å². The van der Waals surface area contributed by atoms with Crippen molar-refractivity contribution in [1.29, 1.82) is 0 Å². The van der Waals surface area contributed by atoms with E-state index >= 15 is 0 Å². The van der Waals surface area contributed by atoms with E-state index < -0.39 is 0 Å². The van der Waals surface area contributed by atoms with Gasteiger partial charge in [0.1, 0.15) is 5.60 Å². The van der Waals surface area contributed by atoms with Crippen LogP contribution in [0.4, 0.5) is 4.79 Å². The van der Waals surface area contributed by atoms with Gasteiger partial charge in [-0.1, -0.05) is 0 Å². The summed E-state index contributed by atoms with van der Waals surface area (Å²) in [6, 6.07) is 3.73. The normalized spacial score (nSPS) is 24.5. The summed E-state index contributed by atoms with van der Waals surface area (Å²) in [4.78, 5) is 19.7. The summed E-state index contributed by atoms with van der Waals surface area (Å²) in [5, 5.41) is 8.26. The Kier molecular flexibility index (Phi) is 4.12. The van der Waals surface area contributed by atoms with E-state index in [1.54, 1.807) is 24.3 Å². The molecular formula is C17H21N5O3. The first-order valence-corrected chi connectivity index (χ1v) is 8.53. The van der Waals surface area contributed by atoms with Crippen LogP contribution in [0.2, 0.25) is 0 Å². The molecule has 8 heteroatoms. The zero-order chi connectivity index (χ0) is 17.3. The largest absolute Gasteiger partial charge is 0.441 e. The SMILES string of the molecule is CN1CC2(CCCN(Cc3nnc(-c4cccnc4)o3)CC2)OC1=O. The summed E-state index contributed by atoms with van der Waals surface area (Å²) < 4.78 is 11.4. The molecule has 1 spiro atoms. The van der Waals surface area contributed by atoms with Gasteiger partial charge in [-0.15, -0.1) is 10.2 Å². The van der Waals surface area contributed by atoms with Crippen molar-refractivity contribution in [3.8, 4) is 11.5 Å². The number of nitrogens with zero attached hydrogens (tertiary/aromatic N) is 5. The lowest BCUT2D eigenvalue weighted by Crippen LogP contribution is -2.35. The summed E-state index contributed by atoms with van der Waals surface area (Å²) in [7, 11) is 1.79. The number of likely N-dealkylation sites (N-methyl/N-ethyl adjacent to an activating group) is 1. The van der Waals surface area contributed by atoms with Gasteiger partial charge >= 0.3 is 6.09 Å². The number of hydrogen-bond donors (Lipinski definition) is 0. The van der Waals surface area contributed by atoms with Crippen LogP contribution >= 0.6 is 0 Å². The highest BCUT2D eigenvalue weighted by Crippen LogP contribution is 2.32. The molecule has 1 atom stereocenters.